The second-order valence-electron chi connectivity index (χ2n) is 7.99. The van der Waals surface area contributed by atoms with Gasteiger partial charge >= 0.3 is 6.03 Å². The summed E-state index contributed by atoms with van der Waals surface area (Å²) in [5.74, 6) is -0.0979. The number of urea groups is 1. The molecule has 5 rings (SSSR count). The highest BCUT2D eigenvalue weighted by atomic mass is 32.1. The lowest BCUT2D eigenvalue weighted by molar-refractivity contribution is 0.0946. The zero-order chi connectivity index (χ0) is 22.1. The number of pyridine rings is 2. The molecule has 2 bridgehead atoms. The van der Waals surface area contributed by atoms with Crippen molar-refractivity contribution in [2.75, 3.05) is 18.4 Å². The highest BCUT2D eigenvalue weighted by Gasteiger charge is 2.36. The fourth-order valence-corrected chi connectivity index (χ4v) is 4.97. The van der Waals surface area contributed by atoms with Gasteiger partial charge in [0, 0.05) is 55.0 Å². The van der Waals surface area contributed by atoms with E-state index >= 15 is 0 Å². The van der Waals surface area contributed by atoms with Crippen molar-refractivity contribution in [2.45, 2.75) is 25.4 Å². The minimum absolute atomic E-state index is 0.00666. The summed E-state index contributed by atoms with van der Waals surface area (Å²) < 4.78 is 5.66. The zero-order valence-electron chi connectivity index (χ0n) is 17.1. The molecule has 164 valence electrons. The molecule has 0 saturated carbocycles. The summed E-state index contributed by atoms with van der Waals surface area (Å²) in [5, 5.41) is 9.74. The quantitative estimate of drug-likeness (QED) is 0.622. The van der Waals surface area contributed by atoms with Gasteiger partial charge in [-0.05, 0) is 30.5 Å². The molecule has 0 radical (unpaired) electrons. The Hall–Kier alpha value is -3.60. The predicted molar refractivity (Wildman–Crippen MR) is 117 cm³/mol. The van der Waals surface area contributed by atoms with E-state index in [0.29, 0.717) is 30.3 Å². The molecule has 3 aromatic heterocycles. The van der Waals surface area contributed by atoms with Crippen molar-refractivity contribution in [1.82, 2.24) is 29.4 Å². The first-order valence-corrected chi connectivity index (χ1v) is 11.1. The Bertz CT molecular complexity index is 1210. The Morgan fingerprint density at radius 1 is 1.12 bits per heavy atom. The molecule has 1 fully saturated rings. The molecule has 2 aliphatic heterocycles. The molecule has 11 heteroatoms. The molecule has 32 heavy (non-hydrogen) atoms. The Morgan fingerprint density at radius 3 is 2.88 bits per heavy atom. The number of carbonyl (C=O) groups excluding carboxylic acids is 2. The molecule has 2 unspecified atom stereocenters. The maximum absolute atomic E-state index is 13.0. The van der Waals surface area contributed by atoms with Crippen molar-refractivity contribution >= 4 is 28.5 Å². The van der Waals surface area contributed by atoms with Gasteiger partial charge in [-0.1, -0.05) is 16.6 Å². The number of amides is 3. The first-order valence-electron chi connectivity index (χ1n) is 10.3. The van der Waals surface area contributed by atoms with Gasteiger partial charge in [-0.15, -0.1) is 5.10 Å². The maximum Gasteiger partial charge on any atom is 0.322 e. The Labute approximate surface area is 187 Å². The molecule has 2 atom stereocenters. The number of aromatic nitrogens is 4. The van der Waals surface area contributed by atoms with Crippen LogP contribution >= 0.6 is 11.5 Å². The third kappa shape index (κ3) is 3.98. The van der Waals surface area contributed by atoms with E-state index < -0.39 is 5.91 Å². The van der Waals surface area contributed by atoms with Crippen molar-refractivity contribution in [3.05, 3.63) is 70.0 Å². The minimum Gasteiger partial charge on any atom is -0.345 e. The number of rotatable bonds is 4. The predicted octanol–water partition coefficient (Wildman–Crippen LogP) is 1.68. The van der Waals surface area contributed by atoms with Crippen LogP contribution in [0.25, 0.3) is 0 Å². The van der Waals surface area contributed by atoms with Crippen LogP contribution in [0, 0.1) is 5.92 Å². The van der Waals surface area contributed by atoms with Crippen LogP contribution in [0.3, 0.4) is 0 Å². The molecular formula is C21H21N7O3S. The lowest BCUT2D eigenvalue weighted by Crippen LogP contribution is -2.50. The highest BCUT2D eigenvalue weighted by Crippen LogP contribution is 2.35. The highest BCUT2D eigenvalue weighted by molar-refractivity contribution is 7.10. The van der Waals surface area contributed by atoms with Crippen molar-refractivity contribution in [2.24, 2.45) is 5.92 Å². The van der Waals surface area contributed by atoms with Crippen LogP contribution in [0.4, 0.5) is 9.80 Å². The van der Waals surface area contributed by atoms with Crippen LogP contribution in [0.15, 0.2) is 47.4 Å². The second kappa shape index (κ2) is 8.50. The van der Waals surface area contributed by atoms with Gasteiger partial charge < -0.3 is 14.8 Å². The molecule has 1 saturated heterocycles. The number of fused-ring (bicyclic) bond motifs is 4. The van der Waals surface area contributed by atoms with Crippen molar-refractivity contribution in [3.63, 3.8) is 0 Å². The summed E-state index contributed by atoms with van der Waals surface area (Å²) in [6, 6.07) is 10.5. The van der Waals surface area contributed by atoms with Gasteiger partial charge in [-0.3, -0.25) is 19.9 Å². The summed E-state index contributed by atoms with van der Waals surface area (Å²) >= 11 is 0.962. The SMILES string of the molecule is O=C(NCc1ccccn1)c1nnsc1NC(=O)N1CC2CC(C1)c1cccc(=O)n1C2. The molecule has 0 aromatic carbocycles. The number of nitrogens with one attached hydrogen (secondary N) is 2. The Balaban J connectivity index is 1.25. The summed E-state index contributed by atoms with van der Waals surface area (Å²) in [4.78, 5) is 43.6. The lowest BCUT2D eigenvalue weighted by Gasteiger charge is -2.42. The number of nitrogens with zero attached hydrogens (tertiary/aromatic N) is 5. The van der Waals surface area contributed by atoms with Gasteiger partial charge in [0.2, 0.25) is 0 Å². The summed E-state index contributed by atoms with van der Waals surface area (Å²) in [7, 11) is 0. The summed E-state index contributed by atoms with van der Waals surface area (Å²) in [6.45, 7) is 1.92. The molecule has 3 aromatic rings. The third-order valence-corrected chi connectivity index (χ3v) is 6.49. The van der Waals surface area contributed by atoms with Crippen LogP contribution < -0.4 is 16.2 Å². The average molecular weight is 452 g/mol. The van der Waals surface area contributed by atoms with E-state index in [2.05, 4.69) is 25.2 Å². The van der Waals surface area contributed by atoms with Gasteiger partial charge in [0.1, 0.15) is 0 Å². The van der Waals surface area contributed by atoms with Crippen LogP contribution in [0.5, 0.6) is 0 Å². The van der Waals surface area contributed by atoms with E-state index in [9.17, 15) is 14.4 Å². The minimum atomic E-state index is -0.427. The summed E-state index contributed by atoms with van der Waals surface area (Å²) in [5.41, 5.74) is 1.77. The van der Waals surface area contributed by atoms with Gasteiger partial charge in [0.05, 0.1) is 12.2 Å². The normalized spacial score (nSPS) is 19.2. The van der Waals surface area contributed by atoms with Gasteiger partial charge in [0.25, 0.3) is 11.5 Å². The van der Waals surface area contributed by atoms with Crippen molar-refractivity contribution < 1.29 is 9.59 Å². The summed E-state index contributed by atoms with van der Waals surface area (Å²) in [6.07, 6.45) is 2.61. The van der Waals surface area contributed by atoms with E-state index in [4.69, 9.17) is 0 Å². The largest absolute Gasteiger partial charge is 0.345 e. The fourth-order valence-electron chi connectivity index (χ4n) is 4.42. The van der Waals surface area contributed by atoms with E-state index in [-0.39, 0.29) is 35.7 Å². The smallest absolute Gasteiger partial charge is 0.322 e. The van der Waals surface area contributed by atoms with Crippen LogP contribution in [-0.4, -0.2) is 49.1 Å². The second-order valence-corrected chi connectivity index (χ2v) is 8.74. The number of anilines is 1. The monoisotopic (exact) mass is 451 g/mol. The Morgan fingerprint density at radius 2 is 2.03 bits per heavy atom. The van der Waals surface area contributed by atoms with E-state index in [0.717, 1.165) is 23.6 Å². The van der Waals surface area contributed by atoms with E-state index in [1.54, 1.807) is 29.3 Å². The third-order valence-electron chi connectivity index (χ3n) is 5.85. The van der Waals surface area contributed by atoms with Crippen LogP contribution in [0.1, 0.15) is 34.2 Å². The topological polar surface area (TPSA) is 122 Å². The zero-order valence-corrected chi connectivity index (χ0v) is 17.9. The number of hydrogen-bond acceptors (Lipinski definition) is 7. The van der Waals surface area contributed by atoms with Crippen LogP contribution in [0.2, 0.25) is 0 Å². The fraction of sp³-hybridized carbons (Fsp3) is 0.333. The standard InChI is InChI=1S/C21H21N7O3S/c29-17-6-3-5-16-14-8-13(11-28(16)17)10-27(12-14)21(31)24-20-18(25-26-32-20)19(30)23-9-15-4-1-2-7-22-15/h1-7,13-14H,8-12H2,(H,23,30)(H,24,31). The van der Waals surface area contributed by atoms with Crippen LogP contribution in [-0.2, 0) is 13.1 Å². The van der Waals surface area contributed by atoms with E-state index in [1.165, 1.54) is 0 Å². The van der Waals surface area contributed by atoms with Crippen molar-refractivity contribution in [3.8, 4) is 0 Å². The number of hydrogen-bond donors (Lipinski definition) is 2. The van der Waals surface area contributed by atoms with Gasteiger partial charge in [0.15, 0.2) is 10.7 Å². The van der Waals surface area contributed by atoms with Gasteiger partial charge in [-0.2, -0.15) is 0 Å². The molecule has 2 N–H and O–H groups in total. The average Bonchev–Trinajstić information content (AvgIpc) is 3.27. The molecule has 0 spiro atoms. The first kappa shape index (κ1) is 20.3. The molecule has 5 heterocycles. The van der Waals surface area contributed by atoms with Crippen molar-refractivity contribution in [1.29, 1.82) is 0 Å². The Kier molecular flexibility index (Phi) is 5.39. The number of piperidine rings is 1. The number of likely N-dealkylation sites (tertiary alicyclic amines) is 1. The lowest BCUT2D eigenvalue weighted by atomic mass is 9.83. The molecule has 0 aliphatic carbocycles. The van der Waals surface area contributed by atoms with E-state index in [1.807, 2.05) is 22.8 Å². The van der Waals surface area contributed by atoms with Gasteiger partial charge in [-0.25, -0.2) is 4.79 Å². The number of carbonyl (C=O) groups is 2. The molecule has 10 nitrogen and oxygen atoms in total. The molecular weight excluding hydrogens is 430 g/mol. The first-order chi connectivity index (χ1) is 15.6. The molecule has 2 aliphatic rings. The molecule has 3 amide bonds. The maximum atomic E-state index is 13.0.